The van der Waals surface area contributed by atoms with Gasteiger partial charge in [-0.25, -0.2) is 14.8 Å². The number of imidazole rings is 2. The molecule has 0 bridgehead atoms. The van der Waals surface area contributed by atoms with Crippen LogP contribution in [0.3, 0.4) is 0 Å². The van der Waals surface area contributed by atoms with Crippen LogP contribution in [-0.2, 0) is 19.1 Å². The summed E-state index contributed by atoms with van der Waals surface area (Å²) in [6.45, 7) is 12.4. The number of amides is 3. The molecule has 3 amide bonds. The number of alkyl carbamates (subject to hydrolysis) is 1. The Morgan fingerprint density at radius 1 is 0.817 bits per heavy atom. The van der Waals surface area contributed by atoms with Gasteiger partial charge in [-0.15, -0.1) is 0 Å². The fourth-order valence-corrected chi connectivity index (χ4v) is 10.5. The molecule has 4 aliphatic rings. The maximum absolute atomic E-state index is 14.0. The van der Waals surface area contributed by atoms with E-state index in [9.17, 15) is 14.4 Å². The highest BCUT2D eigenvalue weighted by Crippen LogP contribution is 2.54. The molecule has 60 heavy (non-hydrogen) atoms. The maximum Gasteiger partial charge on any atom is 0.407 e. The van der Waals surface area contributed by atoms with Gasteiger partial charge in [0.1, 0.15) is 17.7 Å². The van der Waals surface area contributed by atoms with Crippen molar-refractivity contribution in [1.82, 2.24) is 35.1 Å². The first-order valence-corrected chi connectivity index (χ1v) is 21.8. The first-order chi connectivity index (χ1) is 28.9. The molecule has 312 valence electrons. The van der Waals surface area contributed by atoms with Gasteiger partial charge in [-0.05, 0) is 96.0 Å². The second kappa shape index (κ2) is 14.6. The van der Waals surface area contributed by atoms with Crippen LogP contribution in [0.5, 0.6) is 0 Å². The largest absolute Gasteiger partial charge is 0.453 e. The van der Waals surface area contributed by atoms with Gasteiger partial charge in [-0.2, -0.15) is 0 Å². The number of piperidine rings is 1. The Labute approximate surface area is 349 Å². The third-order valence-corrected chi connectivity index (χ3v) is 14.3. The number of likely N-dealkylation sites (tertiary alicyclic amines) is 2. The highest BCUT2D eigenvalue weighted by molar-refractivity contribution is 6.07. The van der Waals surface area contributed by atoms with E-state index in [-0.39, 0.29) is 53.1 Å². The summed E-state index contributed by atoms with van der Waals surface area (Å²) in [5.74, 6) is 2.29. The van der Waals surface area contributed by atoms with Crippen LogP contribution >= 0.6 is 0 Å². The average molecular weight is 810 g/mol. The lowest BCUT2D eigenvalue weighted by atomic mass is 9.80. The van der Waals surface area contributed by atoms with E-state index in [4.69, 9.17) is 19.4 Å². The van der Waals surface area contributed by atoms with Crippen molar-refractivity contribution in [3.63, 3.8) is 0 Å². The lowest BCUT2D eigenvalue weighted by Gasteiger charge is -2.33. The molecular formula is C48H55N7O5. The van der Waals surface area contributed by atoms with Crippen LogP contribution < -0.4 is 5.32 Å². The Morgan fingerprint density at radius 3 is 2.02 bits per heavy atom. The van der Waals surface area contributed by atoms with Crippen molar-refractivity contribution in [3.8, 4) is 11.1 Å². The molecule has 7 atom stereocenters. The molecule has 4 aromatic carbocycles. The number of nitrogens with zero attached hydrogens (tertiary/aromatic N) is 4. The van der Waals surface area contributed by atoms with E-state index in [1.54, 1.807) is 0 Å². The topological polar surface area (TPSA) is 146 Å². The third-order valence-electron chi connectivity index (χ3n) is 14.3. The number of hydrogen-bond acceptors (Lipinski definition) is 7. The molecule has 10 rings (SSSR count). The first kappa shape index (κ1) is 38.7. The van der Waals surface area contributed by atoms with E-state index < -0.39 is 12.1 Å². The fourth-order valence-electron chi connectivity index (χ4n) is 10.5. The number of rotatable bonds is 8. The number of hydrogen-bond donors (Lipinski definition) is 3. The van der Waals surface area contributed by atoms with Crippen LogP contribution in [0, 0.1) is 29.1 Å². The molecule has 3 N–H and O–H groups in total. The van der Waals surface area contributed by atoms with Crippen molar-refractivity contribution in [2.45, 2.75) is 90.9 Å². The summed E-state index contributed by atoms with van der Waals surface area (Å²) in [6, 6.07) is 20.7. The molecule has 3 aliphatic heterocycles. The van der Waals surface area contributed by atoms with E-state index in [2.05, 4.69) is 102 Å². The smallest absolute Gasteiger partial charge is 0.407 e. The van der Waals surface area contributed by atoms with E-state index in [1.807, 2.05) is 18.7 Å². The third kappa shape index (κ3) is 6.49. The van der Waals surface area contributed by atoms with Gasteiger partial charge in [-0.3, -0.25) is 9.59 Å². The van der Waals surface area contributed by atoms with Crippen LogP contribution in [-0.4, -0.2) is 86.6 Å². The van der Waals surface area contributed by atoms with Crippen molar-refractivity contribution in [2.24, 2.45) is 29.1 Å². The number of methoxy groups -OCH3 is 1. The van der Waals surface area contributed by atoms with Gasteiger partial charge >= 0.3 is 6.09 Å². The highest BCUT2D eigenvalue weighted by atomic mass is 16.5. The molecule has 1 saturated carbocycles. The molecule has 12 heteroatoms. The number of nitrogens with one attached hydrogen (secondary N) is 3. The number of carbonyl (C=O) groups excluding carboxylic acids is 3. The number of ether oxygens (including phenoxy) is 2. The first-order valence-electron chi connectivity index (χ1n) is 21.8. The number of H-pyrrole nitrogens is 2. The molecule has 0 unspecified atom stereocenters. The second-order valence-corrected chi connectivity index (χ2v) is 18.8. The number of benzene rings is 4. The minimum Gasteiger partial charge on any atom is -0.453 e. The predicted molar refractivity (Wildman–Crippen MR) is 232 cm³/mol. The summed E-state index contributed by atoms with van der Waals surface area (Å²) < 4.78 is 10.8. The van der Waals surface area contributed by atoms with Crippen LogP contribution in [0.2, 0.25) is 0 Å². The van der Waals surface area contributed by atoms with Crippen molar-refractivity contribution in [2.75, 3.05) is 26.9 Å². The van der Waals surface area contributed by atoms with E-state index in [0.29, 0.717) is 19.1 Å². The monoisotopic (exact) mass is 809 g/mol. The standard InChI is InChI=1S/C48H55N7O5/c1-25(2)27(5)45(56)54-23-48(16-7-17-60-24-48)22-39(54)44-50-36-15-11-31-19-29(9-13-34(31)42(36)52-44)28-8-12-33-30(18-28)10-14-35-41(33)51-43(49-35)38-21-32-20-37(32)55(38)46(57)40(26(3)4)53-47(58)59-6/h8-15,18-19,25-27,32,37-40H,7,16-17,20-24H2,1-6H3,(H,49,51)(H,50,52)(H,53,58)/t27-,32-,37-,38-,39-,40-,48-/m0/s1. The van der Waals surface area contributed by atoms with E-state index in [0.717, 1.165) is 105 Å². The minimum atomic E-state index is -0.677. The van der Waals surface area contributed by atoms with Crippen molar-refractivity contribution < 1.29 is 23.9 Å². The highest BCUT2D eigenvalue weighted by Gasteiger charge is 2.56. The molecule has 0 radical (unpaired) electrons. The maximum atomic E-state index is 14.0. The molecular weight excluding hydrogens is 755 g/mol. The Balaban J connectivity index is 0.934. The molecule has 2 aromatic heterocycles. The van der Waals surface area contributed by atoms with E-state index in [1.165, 1.54) is 7.11 Å². The zero-order valence-electron chi connectivity index (χ0n) is 35.4. The molecule has 5 heterocycles. The van der Waals surface area contributed by atoms with Gasteiger partial charge < -0.3 is 34.6 Å². The molecule has 1 spiro atoms. The number of aromatic nitrogens is 4. The SMILES string of the molecule is COC(=O)N[C@H](C(=O)N1[C@H](c2nc3ccc4cc(-c5ccc6c(ccc7nc([C@@H]8C[C@@]9(CCCOC9)CN8C(=O)[C@@H](C)C(C)C)[nH]c76)c5)ccc4c3[nH]2)C[C@@H]2C[C@@H]21)C(C)C. The van der Waals surface area contributed by atoms with Crippen LogP contribution in [0.25, 0.3) is 54.7 Å². The number of aromatic amines is 2. The summed E-state index contributed by atoms with van der Waals surface area (Å²) in [5, 5.41) is 7.15. The molecule has 4 fully saturated rings. The Kier molecular flexibility index (Phi) is 9.42. The van der Waals surface area contributed by atoms with Crippen molar-refractivity contribution in [3.05, 3.63) is 72.3 Å². The summed E-state index contributed by atoms with van der Waals surface area (Å²) in [4.78, 5) is 61.6. The quantitative estimate of drug-likeness (QED) is 0.139. The Bertz CT molecular complexity index is 2680. The number of fused-ring (bicyclic) bond motifs is 7. The lowest BCUT2D eigenvalue weighted by Crippen LogP contribution is -2.52. The average Bonchev–Trinajstić information content (AvgIpc) is 3.64. The van der Waals surface area contributed by atoms with Crippen LogP contribution in [0.1, 0.15) is 90.5 Å². The summed E-state index contributed by atoms with van der Waals surface area (Å²) in [6.07, 6.45) is 4.17. The van der Waals surface area contributed by atoms with Crippen LogP contribution in [0.15, 0.2) is 60.7 Å². The summed E-state index contributed by atoms with van der Waals surface area (Å²) >= 11 is 0. The van der Waals surface area contributed by atoms with Crippen molar-refractivity contribution >= 4 is 61.5 Å². The number of carbonyl (C=O) groups is 3. The van der Waals surface area contributed by atoms with Gasteiger partial charge in [0.05, 0.1) is 47.9 Å². The zero-order chi connectivity index (χ0) is 41.6. The summed E-state index contributed by atoms with van der Waals surface area (Å²) in [5.41, 5.74) is 5.91. The molecule has 12 nitrogen and oxygen atoms in total. The van der Waals surface area contributed by atoms with Gasteiger partial charge in [-0.1, -0.05) is 71.0 Å². The predicted octanol–water partition coefficient (Wildman–Crippen LogP) is 8.82. The lowest BCUT2D eigenvalue weighted by molar-refractivity contribution is -0.138. The fraction of sp³-hybridized carbons (Fsp3) is 0.479. The summed E-state index contributed by atoms with van der Waals surface area (Å²) in [7, 11) is 1.31. The Hall–Kier alpha value is -5.49. The molecule has 3 saturated heterocycles. The Morgan fingerprint density at radius 2 is 1.45 bits per heavy atom. The molecule has 6 aromatic rings. The zero-order valence-corrected chi connectivity index (χ0v) is 35.4. The van der Waals surface area contributed by atoms with Crippen molar-refractivity contribution in [1.29, 1.82) is 0 Å². The minimum absolute atomic E-state index is 0.0304. The molecule has 1 aliphatic carbocycles. The van der Waals surface area contributed by atoms with Gasteiger partial charge in [0, 0.05) is 41.3 Å². The van der Waals surface area contributed by atoms with E-state index >= 15 is 0 Å². The van der Waals surface area contributed by atoms with Gasteiger partial charge in [0.2, 0.25) is 11.8 Å². The van der Waals surface area contributed by atoms with Gasteiger partial charge in [0.25, 0.3) is 0 Å². The van der Waals surface area contributed by atoms with Crippen LogP contribution in [0.4, 0.5) is 4.79 Å². The normalized spacial score (nSPS) is 24.9. The van der Waals surface area contributed by atoms with Gasteiger partial charge in [0.15, 0.2) is 0 Å². The second-order valence-electron chi connectivity index (χ2n) is 18.8.